The fourth-order valence-corrected chi connectivity index (χ4v) is 2.83. The van der Waals surface area contributed by atoms with E-state index in [0.717, 1.165) is 25.8 Å². The van der Waals surface area contributed by atoms with E-state index in [9.17, 15) is 9.90 Å². The predicted octanol–water partition coefficient (Wildman–Crippen LogP) is 2.08. The lowest BCUT2D eigenvalue weighted by molar-refractivity contribution is -0.144. The van der Waals surface area contributed by atoms with E-state index in [-0.39, 0.29) is 0 Å². The molecule has 0 radical (unpaired) electrons. The van der Waals surface area contributed by atoms with E-state index in [2.05, 4.69) is 18.7 Å². The van der Waals surface area contributed by atoms with Crippen LogP contribution in [0.3, 0.4) is 0 Å². The van der Waals surface area contributed by atoms with Crippen molar-refractivity contribution < 1.29 is 9.90 Å². The van der Waals surface area contributed by atoms with Crippen molar-refractivity contribution in [2.75, 3.05) is 13.1 Å². The topological polar surface area (TPSA) is 66.6 Å². The van der Waals surface area contributed by atoms with Gasteiger partial charge in [0.1, 0.15) is 6.04 Å². The molecule has 4 nitrogen and oxygen atoms in total. The minimum Gasteiger partial charge on any atom is -0.480 e. The van der Waals surface area contributed by atoms with Gasteiger partial charge in [0, 0.05) is 6.04 Å². The first-order valence-electron chi connectivity index (χ1n) is 7.24. The fourth-order valence-electron chi connectivity index (χ4n) is 2.83. The maximum absolute atomic E-state index is 11.4. The van der Waals surface area contributed by atoms with Crippen LogP contribution in [0.15, 0.2) is 0 Å². The second kappa shape index (κ2) is 7.74. The highest BCUT2D eigenvalue weighted by molar-refractivity contribution is 5.73. The van der Waals surface area contributed by atoms with Crippen molar-refractivity contribution in [3.63, 3.8) is 0 Å². The molecule has 0 spiro atoms. The Morgan fingerprint density at radius 1 is 1.33 bits per heavy atom. The first-order chi connectivity index (χ1) is 8.56. The summed E-state index contributed by atoms with van der Waals surface area (Å²) in [5.41, 5.74) is 5.57. The highest BCUT2D eigenvalue weighted by Crippen LogP contribution is 2.26. The number of hydrogen-bond acceptors (Lipinski definition) is 3. The van der Waals surface area contributed by atoms with Gasteiger partial charge in [0.25, 0.3) is 0 Å². The Hall–Kier alpha value is -0.610. The van der Waals surface area contributed by atoms with Gasteiger partial charge in [0.05, 0.1) is 0 Å². The normalized spacial score (nSPS) is 18.7. The van der Waals surface area contributed by atoms with Crippen molar-refractivity contribution in [1.29, 1.82) is 0 Å². The van der Waals surface area contributed by atoms with Crippen LogP contribution in [-0.2, 0) is 4.79 Å². The first kappa shape index (κ1) is 15.4. The molecule has 0 aromatic heterocycles. The summed E-state index contributed by atoms with van der Waals surface area (Å²) < 4.78 is 0. The maximum atomic E-state index is 11.4. The number of aliphatic carboxylic acids is 1. The third-order valence-corrected chi connectivity index (χ3v) is 3.88. The maximum Gasteiger partial charge on any atom is 0.320 e. The Labute approximate surface area is 111 Å². The van der Waals surface area contributed by atoms with E-state index < -0.39 is 12.0 Å². The monoisotopic (exact) mass is 256 g/mol. The highest BCUT2D eigenvalue weighted by Gasteiger charge is 2.32. The second-order valence-corrected chi connectivity index (χ2v) is 5.79. The molecule has 4 heteroatoms. The largest absolute Gasteiger partial charge is 0.480 e. The molecule has 1 saturated carbocycles. The van der Waals surface area contributed by atoms with Crippen LogP contribution in [0, 0.1) is 5.92 Å². The molecule has 1 unspecified atom stereocenters. The Balaban J connectivity index is 2.68. The fraction of sp³-hybridized carbons (Fsp3) is 0.929. The lowest BCUT2D eigenvalue weighted by Crippen LogP contribution is -2.48. The number of rotatable bonds is 8. The van der Waals surface area contributed by atoms with Crippen molar-refractivity contribution in [3.05, 3.63) is 0 Å². The van der Waals surface area contributed by atoms with Crippen molar-refractivity contribution in [2.24, 2.45) is 11.7 Å². The average molecular weight is 256 g/mol. The van der Waals surface area contributed by atoms with Crippen LogP contribution in [0.25, 0.3) is 0 Å². The van der Waals surface area contributed by atoms with Gasteiger partial charge < -0.3 is 10.8 Å². The zero-order valence-corrected chi connectivity index (χ0v) is 11.8. The van der Waals surface area contributed by atoms with Crippen LogP contribution >= 0.6 is 0 Å². The number of carboxylic acid groups (broad SMARTS) is 1. The zero-order valence-electron chi connectivity index (χ0n) is 11.8. The summed E-state index contributed by atoms with van der Waals surface area (Å²) in [6.45, 7) is 5.71. The third-order valence-electron chi connectivity index (χ3n) is 3.88. The van der Waals surface area contributed by atoms with Crippen LogP contribution in [0.2, 0.25) is 0 Å². The van der Waals surface area contributed by atoms with E-state index in [4.69, 9.17) is 5.73 Å². The predicted molar refractivity (Wildman–Crippen MR) is 73.5 cm³/mol. The van der Waals surface area contributed by atoms with Gasteiger partial charge in [-0.3, -0.25) is 9.69 Å². The Morgan fingerprint density at radius 2 is 1.94 bits per heavy atom. The molecule has 0 aliphatic heterocycles. The molecule has 1 aliphatic carbocycles. The minimum absolute atomic E-state index is 0.392. The van der Waals surface area contributed by atoms with Gasteiger partial charge >= 0.3 is 5.97 Å². The Morgan fingerprint density at radius 3 is 2.39 bits per heavy atom. The zero-order chi connectivity index (χ0) is 13.5. The van der Waals surface area contributed by atoms with Gasteiger partial charge in [0.15, 0.2) is 0 Å². The van der Waals surface area contributed by atoms with E-state index in [1.54, 1.807) is 0 Å². The molecule has 0 aromatic carbocycles. The highest BCUT2D eigenvalue weighted by atomic mass is 16.4. The molecular formula is C14H28N2O2. The summed E-state index contributed by atoms with van der Waals surface area (Å²) in [5.74, 6) is -0.0997. The standard InChI is InChI=1S/C14H28N2O2/c1-11(2)8-10-16(12-5-3-4-6-12)13(7-9-15)14(17)18/h11-13H,3-10,15H2,1-2H3,(H,17,18). The van der Waals surface area contributed by atoms with Crippen LogP contribution in [0.5, 0.6) is 0 Å². The molecule has 0 heterocycles. The SMILES string of the molecule is CC(C)CCN(C1CCCC1)C(CCN)C(=O)O. The Bertz CT molecular complexity index is 250. The van der Waals surface area contributed by atoms with Crippen LogP contribution in [0.4, 0.5) is 0 Å². The summed E-state index contributed by atoms with van der Waals surface area (Å²) >= 11 is 0. The van der Waals surface area contributed by atoms with Crippen LogP contribution < -0.4 is 5.73 Å². The summed E-state index contributed by atoms with van der Waals surface area (Å²) in [6.07, 6.45) is 6.38. The van der Waals surface area contributed by atoms with Gasteiger partial charge in [-0.05, 0) is 44.7 Å². The quantitative estimate of drug-likeness (QED) is 0.698. The molecule has 0 aromatic rings. The number of nitrogens with two attached hydrogens (primary N) is 1. The van der Waals surface area contributed by atoms with Crippen LogP contribution in [0.1, 0.15) is 52.4 Å². The van der Waals surface area contributed by atoms with E-state index in [0.29, 0.717) is 24.9 Å². The number of carbonyl (C=O) groups is 1. The lowest BCUT2D eigenvalue weighted by atomic mass is 10.0. The molecule has 1 atom stereocenters. The first-order valence-corrected chi connectivity index (χ1v) is 7.24. The molecule has 0 bridgehead atoms. The van der Waals surface area contributed by atoms with Gasteiger partial charge in [-0.1, -0.05) is 26.7 Å². The summed E-state index contributed by atoms with van der Waals surface area (Å²) in [6, 6.07) is 0.0632. The van der Waals surface area contributed by atoms with Crippen molar-refractivity contribution >= 4 is 5.97 Å². The second-order valence-electron chi connectivity index (χ2n) is 5.79. The molecule has 0 amide bonds. The average Bonchev–Trinajstić information content (AvgIpc) is 2.81. The molecule has 1 rings (SSSR count). The lowest BCUT2D eigenvalue weighted by Gasteiger charge is -2.34. The molecule has 106 valence electrons. The third kappa shape index (κ3) is 4.58. The van der Waals surface area contributed by atoms with Gasteiger partial charge in [-0.15, -0.1) is 0 Å². The summed E-state index contributed by atoms with van der Waals surface area (Å²) in [4.78, 5) is 13.6. The number of nitrogens with zero attached hydrogens (tertiary/aromatic N) is 1. The minimum atomic E-state index is -0.712. The molecule has 0 saturated heterocycles. The van der Waals surface area contributed by atoms with Crippen LogP contribution in [-0.4, -0.2) is 41.1 Å². The van der Waals surface area contributed by atoms with Crippen molar-refractivity contribution in [3.8, 4) is 0 Å². The molecule has 18 heavy (non-hydrogen) atoms. The summed E-state index contributed by atoms with van der Waals surface area (Å²) in [7, 11) is 0. The van der Waals surface area contributed by atoms with Gasteiger partial charge in [-0.25, -0.2) is 0 Å². The molecule has 1 aliphatic rings. The van der Waals surface area contributed by atoms with Gasteiger partial charge in [-0.2, -0.15) is 0 Å². The number of hydrogen-bond donors (Lipinski definition) is 2. The van der Waals surface area contributed by atoms with Crippen molar-refractivity contribution in [1.82, 2.24) is 4.90 Å². The number of carboxylic acids is 1. The molecule has 3 N–H and O–H groups in total. The van der Waals surface area contributed by atoms with Gasteiger partial charge in [0.2, 0.25) is 0 Å². The van der Waals surface area contributed by atoms with E-state index >= 15 is 0 Å². The smallest absolute Gasteiger partial charge is 0.320 e. The van der Waals surface area contributed by atoms with E-state index in [1.807, 2.05) is 0 Å². The molecule has 1 fully saturated rings. The van der Waals surface area contributed by atoms with E-state index in [1.165, 1.54) is 12.8 Å². The van der Waals surface area contributed by atoms with Crippen molar-refractivity contribution in [2.45, 2.75) is 64.5 Å². The summed E-state index contributed by atoms with van der Waals surface area (Å²) in [5, 5.41) is 9.40. The molecular weight excluding hydrogens is 228 g/mol. The Kier molecular flexibility index (Phi) is 6.65.